The summed E-state index contributed by atoms with van der Waals surface area (Å²) in [7, 11) is 1.41. The lowest BCUT2D eigenvalue weighted by molar-refractivity contribution is -0.137. The maximum atomic E-state index is 14.1. The van der Waals surface area contributed by atoms with Gasteiger partial charge in [0.05, 0.1) is 18.3 Å². The number of nitrogens with zero attached hydrogens (tertiary/aromatic N) is 1. The van der Waals surface area contributed by atoms with Crippen LogP contribution in [0.2, 0.25) is 0 Å². The molecule has 38 heavy (non-hydrogen) atoms. The zero-order chi connectivity index (χ0) is 27.3. The fourth-order valence-corrected chi connectivity index (χ4v) is 4.69. The lowest BCUT2D eigenvalue weighted by Crippen LogP contribution is -2.44. The van der Waals surface area contributed by atoms with Crippen LogP contribution in [0.3, 0.4) is 0 Å². The first-order chi connectivity index (χ1) is 18.1. The maximum absolute atomic E-state index is 14.1. The summed E-state index contributed by atoms with van der Waals surface area (Å²) in [6.45, 7) is 0.525. The molecule has 1 amide bonds. The van der Waals surface area contributed by atoms with Crippen LogP contribution in [0.25, 0.3) is 5.57 Å². The Hall–Kier alpha value is -3.65. The molecule has 3 aromatic carbocycles. The van der Waals surface area contributed by atoms with E-state index in [0.717, 1.165) is 28.8 Å². The van der Waals surface area contributed by atoms with Crippen LogP contribution in [0.5, 0.6) is 5.75 Å². The molecule has 0 radical (unpaired) electrons. The Kier molecular flexibility index (Phi) is 8.21. The van der Waals surface area contributed by atoms with Crippen molar-refractivity contribution in [2.24, 2.45) is 0 Å². The summed E-state index contributed by atoms with van der Waals surface area (Å²) in [6, 6.07) is 18.8. The first-order valence-corrected chi connectivity index (χ1v) is 12.4. The van der Waals surface area contributed by atoms with E-state index in [1.54, 1.807) is 23.1 Å². The number of likely N-dealkylation sites (tertiary alicyclic amines) is 1. The highest BCUT2D eigenvalue weighted by molar-refractivity contribution is 5.95. The molecule has 1 fully saturated rings. The van der Waals surface area contributed by atoms with Gasteiger partial charge < -0.3 is 14.7 Å². The van der Waals surface area contributed by atoms with Gasteiger partial charge in [-0.1, -0.05) is 48.5 Å². The standard InChI is InChI=1S/C30H29F4NO3/c1-38-27-14-8-21(19-26(27)31)7-9-23(22-5-3-2-4-6-22)20-28(36)35-17-15-29(37,16-18-35)24-10-12-25(13-11-24)30(32,33)34/h2-6,8,10-14,19-20,37H,7,9,15-18H2,1H3/b23-20-. The summed E-state index contributed by atoms with van der Waals surface area (Å²) in [5.41, 5.74) is 0.796. The van der Waals surface area contributed by atoms with Crippen molar-refractivity contribution in [2.45, 2.75) is 37.5 Å². The SMILES string of the molecule is COc1ccc(CC/C(=C/C(=O)N2CCC(O)(c3ccc(C(F)(F)F)cc3)CC2)c2ccccc2)cc1F. The number of methoxy groups -OCH3 is 1. The molecule has 0 spiro atoms. The van der Waals surface area contributed by atoms with Gasteiger partial charge in [0.2, 0.25) is 5.91 Å². The van der Waals surface area contributed by atoms with Crippen LogP contribution >= 0.6 is 0 Å². The molecule has 0 saturated carbocycles. The fourth-order valence-electron chi connectivity index (χ4n) is 4.69. The first-order valence-electron chi connectivity index (χ1n) is 12.4. The second-order valence-electron chi connectivity index (χ2n) is 9.44. The Balaban J connectivity index is 1.45. The van der Waals surface area contributed by atoms with Crippen molar-refractivity contribution in [1.82, 2.24) is 4.90 Å². The molecule has 1 aliphatic heterocycles. The Morgan fingerprint density at radius 2 is 1.68 bits per heavy atom. The molecule has 0 atom stereocenters. The average molecular weight is 528 g/mol. The molecule has 0 bridgehead atoms. The molecular formula is C30H29F4NO3. The van der Waals surface area contributed by atoms with E-state index in [2.05, 4.69) is 0 Å². The number of ether oxygens (including phenoxy) is 1. The highest BCUT2D eigenvalue weighted by Crippen LogP contribution is 2.36. The summed E-state index contributed by atoms with van der Waals surface area (Å²) >= 11 is 0. The first kappa shape index (κ1) is 27.4. The van der Waals surface area contributed by atoms with Crippen LogP contribution in [0.4, 0.5) is 17.6 Å². The molecule has 200 valence electrons. The fraction of sp³-hybridized carbons (Fsp3) is 0.300. The molecule has 4 rings (SSSR count). The summed E-state index contributed by atoms with van der Waals surface area (Å²) in [5, 5.41) is 11.1. The Morgan fingerprint density at radius 3 is 2.26 bits per heavy atom. The number of aryl methyl sites for hydroxylation is 1. The number of amides is 1. The highest BCUT2D eigenvalue weighted by atomic mass is 19.4. The van der Waals surface area contributed by atoms with Gasteiger partial charge in [-0.05, 0) is 72.2 Å². The van der Waals surface area contributed by atoms with E-state index < -0.39 is 23.2 Å². The molecule has 1 saturated heterocycles. The van der Waals surface area contributed by atoms with Crippen LogP contribution in [-0.2, 0) is 23.0 Å². The maximum Gasteiger partial charge on any atom is 0.416 e. The van der Waals surface area contributed by atoms with Crippen molar-refractivity contribution in [2.75, 3.05) is 20.2 Å². The minimum absolute atomic E-state index is 0.170. The molecule has 0 aliphatic carbocycles. The number of carbonyl (C=O) groups is 1. The summed E-state index contributed by atoms with van der Waals surface area (Å²) in [6.07, 6.45) is -1.42. The van der Waals surface area contributed by atoms with Gasteiger partial charge >= 0.3 is 6.18 Å². The molecule has 1 N–H and O–H groups in total. The third-order valence-corrected chi connectivity index (χ3v) is 6.99. The Labute approximate surface area is 219 Å². The van der Waals surface area contributed by atoms with Crippen molar-refractivity contribution in [3.8, 4) is 5.75 Å². The van der Waals surface area contributed by atoms with Gasteiger partial charge in [-0.25, -0.2) is 4.39 Å². The van der Waals surface area contributed by atoms with Crippen molar-refractivity contribution in [3.63, 3.8) is 0 Å². The van der Waals surface area contributed by atoms with Crippen molar-refractivity contribution in [3.05, 3.63) is 107 Å². The minimum atomic E-state index is -4.44. The zero-order valence-electron chi connectivity index (χ0n) is 21.0. The topological polar surface area (TPSA) is 49.8 Å². The zero-order valence-corrected chi connectivity index (χ0v) is 21.0. The second kappa shape index (κ2) is 11.4. The van der Waals surface area contributed by atoms with Crippen molar-refractivity contribution >= 4 is 11.5 Å². The number of allylic oxidation sites excluding steroid dienone is 1. The lowest BCUT2D eigenvalue weighted by Gasteiger charge is -2.38. The number of hydrogen-bond acceptors (Lipinski definition) is 3. The van der Waals surface area contributed by atoms with Gasteiger partial charge in [-0.3, -0.25) is 4.79 Å². The van der Waals surface area contributed by atoms with E-state index in [-0.39, 0.29) is 37.6 Å². The number of benzene rings is 3. The van der Waals surface area contributed by atoms with Crippen LogP contribution in [-0.4, -0.2) is 36.1 Å². The predicted octanol–water partition coefficient (Wildman–Crippen LogP) is 6.38. The highest BCUT2D eigenvalue weighted by Gasteiger charge is 2.36. The summed E-state index contributed by atoms with van der Waals surface area (Å²) < 4.78 is 57.8. The molecule has 0 aromatic heterocycles. The molecule has 0 unspecified atom stereocenters. The van der Waals surface area contributed by atoms with E-state index in [9.17, 15) is 27.5 Å². The van der Waals surface area contributed by atoms with Gasteiger partial charge in [0, 0.05) is 19.2 Å². The number of piperidine rings is 1. The van der Waals surface area contributed by atoms with E-state index in [1.165, 1.54) is 25.3 Å². The van der Waals surface area contributed by atoms with Gasteiger partial charge in [0.25, 0.3) is 0 Å². The second-order valence-corrected chi connectivity index (χ2v) is 9.44. The van der Waals surface area contributed by atoms with Crippen LogP contribution in [0.1, 0.15) is 41.5 Å². The quantitative estimate of drug-likeness (QED) is 0.287. The summed E-state index contributed by atoms with van der Waals surface area (Å²) in [5.74, 6) is -0.483. The predicted molar refractivity (Wildman–Crippen MR) is 137 cm³/mol. The smallest absolute Gasteiger partial charge is 0.416 e. The molecule has 3 aromatic rings. The van der Waals surface area contributed by atoms with Crippen LogP contribution in [0.15, 0.2) is 78.9 Å². The van der Waals surface area contributed by atoms with Crippen LogP contribution in [0, 0.1) is 5.82 Å². The molecule has 1 heterocycles. The third kappa shape index (κ3) is 6.42. The lowest BCUT2D eigenvalue weighted by atomic mass is 9.84. The van der Waals surface area contributed by atoms with Gasteiger partial charge in [-0.15, -0.1) is 0 Å². The third-order valence-electron chi connectivity index (χ3n) is 6.99. The van der Waals surface area contributed by atoms with E-state index in [1.807, 2.05) is 30.3 Å². The number of rotatable bonds is 7. The number of hydrogen-bond donors (Lipinski definition) is 1. The minimum Gasteiger partial charge on any atom is -0.494 e. The molecule has 4 nitrogen and oxygen atoms in total. The Bertz CT molecular complexity index is 1280. The van der Waals surface area contributed by atoms with E-state index in [4.69, 9.17) is 4.74 Å². The van der Waals surface area contributed by atoms with Gasteiger partial charge in [0.15, 0.2) is 11.6 Å². The van der Waals surface area contributed by atoms with Crippen molar-refractivity contribution in [1.29, 1.82) is 0 Å². The Morgan fingerprint density at radius 1 is 1.03 bits per heavy atom. The number of carbonyl (C=O) groups excluding carboxylic acids is 1. The van der Waals surface area contributed by atoms with Gasteiger partial charge in [-0.2, -0.15) is 13.2 Å². The molecule has 1 aliphatic rings. The normalized spacial score (nSPS) is 15.8. The van der Waals surface area contributed by atoms with Gasteiger partial charge in [0.1, 0.15) is 0 Å². The monoisotopic (exact) mass is 527 g/mol. The average Bonchev–Trinajstić information content (AvgIpc) is 2.91. The number of aliphatic hydroxyl groups is 1. The largest absolute Gasteiger partial charge is 0.494 e. The number of alkyl halides is 3. The van der Waals surface area contributed by atoms with Crippen LogP contribution < -0.4 is 4.74 Å². The molecular weight excluding hydrogens is 498 g/mol. The van der Waals surface area contributed by atoms with Crippen molar-refractivity contribution < 1.29 is 32.2 Å². The van der Waals surface area contributed by atoms with E-state index >= 15 is 0 Å². The summed E-state index contributed by atoms with van der Waals surface area (Å²) in [4.78, 5) is 14.8. The molecule has 8 heteroatoms. The number of halogens is 4. The van der Waals surface area contributed by atoms with E-state index in [0.29, 0.717) is 18.4 Å².